The second kappa shape index (κ2) is 11.6. The van der Waals surface area contributed by atoms with Crippen molar-refractivity contribution in [1.82, 2.24) is 9.96 Å². The molecular weight excluding hydrogens is 440 g/mol. The Hall–Kier alpha value is -2.27. The Morgan fingerprint density at radius 2 is 1.72 bits per heavy atom. The Labute approximate surface area is 190 Å². The number of amides is 4. The maximum atomic E-state index is 12.6. The molecule has 1 aliphatic carbocycles. The molecule has 3 aliphatic rings. The molecule has 11 heteroatoms. The lowest BCUT2D eigenvalue weighted by molar-refractivity contribution is -0.201. The van der Waals surface area contributed by atoms with Gasteiger partial charge in [-0.1, -0.05) is 0 Å². The van der Waals surface area contributed by atoms with Crippen LogP contribution in [0.3, 0.4) is 0 Å². The number of ether oxygens (including phenoxy) is 1. The fourth-order valence-electron chi connectivity index (χ4n) is 4.15. The monoisotopic (exact) mass is 468 g/mol. The summed E-state index contributed by atoms with van der Waals surface area (Å²) >= 11 is 1.44. The molecule has 10 nitrogen and oxygen atoms in total. The van der Waals surface area contributed by atoms with E-state index >= 15 is 0 Å². The molecule has 2 heterocycles. The van der Waals surface area contributed by atoms with Crippen LogP contribution in [-0.4, -0.2) is 76.6 Å². The van der Waals surface area contributed by atoms with Crippen LogP contribution in [0.4, 0.5) is 0 Å². The van der Waals surface area contributed by atoms with Crippen LogP contribution < -0.4 is 0 Å². The van der Waals surface area contributed by atoms with E-state index in [1.807, 2.05) is 0 Å². The second-order valence-corrected chi connectivity index (χ2v) is 9.52. The fraction of sp³-hybridized carbons (Fsp3) is 0.714. The molecule has 1 atom stereocenters. The van der Waals surface area contributed by atoms with Gasteiger partial charge in [0.2, 0.25) is 11.8 Å². The quantitative estimate of drug-likeness (QED) is 0.246. The third-order valence-corrected chi connectivity index (χ3v) is 7.24. The topological polar surface area (TPSA) is 127 Å². The van der Waals surface area contributed by atoms with Crippen molar-refractivity contribution in [2.45, 2.75) is 56.6 Å². The number of thioether (sulfide) groups is 1. The highest BCUT2D eigenvalue weighted by Crippen LogP contribution is 2.33. The van der Waals surface area contributed by atoms with Crippen molar-refractivity contribution in [3.63, 3.8) is 0 Å². The average molecular weight is 469 g/mol. The van der Waals surface area contributed by atoms with Gasteiger partial charge in [0.1, 0.15) is 12.9 Å². The van der Waals surface area contributed by atoms with Crippen LogP contribution in [0, 0.1) is 11.8 Å². The van der Waals surface area contributed by atoms with Crippen molar-refractivity contribution in [1.29, 1.82) is 0 Å². The maximum Gasteiger partial charge on any atom is 0.336 e. The zero-order chi connectivity index (χ0) is 23.1. The first-order valence-corrected chi connectivity index (χ1v) is 12.0. The molecule has 32 heavy (non-hydrogen) atoms. The summed E-state index contributed by atoms with van der Waals surface area (Å²) in [4.78, 5) is 77.1. The van der Waals surface area contributed by atoms with Crippen molar-refractivity contribution in [3.8, 4) is 0 Å². The van der Waals surface area contributed by atoms with Crippen LogP contribution in [0.1, 0.15) is 51.4 Å². The molecule has 3 fully saturated rings. The van der Waals surface area contributed by atoms with Crippen molar-refractivity contribution in [2.24, 2.45) is 11.8 Å². The average Bonchev–Trinajstić information content (AvgIpc) is 3.24. The molecule has 3 rings (SSSR count). The lowest BCUT2D eigenvalue weighted by Gasteiger charge is -2.30. The van der Waals surface area contributed by atoms with Crippen LogP contribution in [0.2, 0.25) is 0 Å². The van der Waals surface area contributed by atoms with Gasteiger partial charge in [-0.25, -0.2) is 4.79 Å². The molecular formula is C21H28N2O8S. The first-order valence-electron chi connectivity index (χ1n) is 11.0. The Bertz CT molecular complexity index is 749. The smallest absolute Gasteiger partial charge is 0.336 e. The molecule has 176 valence electrons. The van der Waals surface area contributed by atoms with E-state index in [1.165, 1.54) is 16.7 Å². The van der Waals surface area contributed by atoms with Gasteiger partial charge in [0.25, 0.3) is 11.8 Å². The van der Waals surface area contributed by atoms with Gasteiger partial charge in [0.05, 0.1) is 11.2 Å². The molecule has 0 N–H and O–H groups in total. The Kier molecular flexibility index (Phi) is 8.80. The van der Waals surface area contributed by atoms with Crippen molar-refractivity contribution in [3.05, 3.63) is 0 Å². The van der Waals surface area contributed by atoms with Crippen LogP contribution in [0.15, 0.2) is 0 Å². The van der Waals surface area contributed by atoms with Gasteiger partial charge in [-0.05, 0) is 43.8 Å². The molecule has 0 aromatic heterocycles. The second-order valence-electron chi connectivity index (χ2n) is 8.21. The van der Waals surface area contributed by atoms with Gasteiger partial charge < -0.3 is 14.4 Å². The molecule has 1 unspecified atom stereocenters. The molecule has 0 aromatic carbocycles. The van der Waals surface area contributed by atoms with Crippen LogP contribution >= 0.6 is 11.8 Å². The summed E-state index contributed by atoms with van der Waals surface area (Å²) < 4.78 is 5.08. The minimum Gasteiger partial charge on any atom is -0.374 e. The van der Waals surface area contributed by atoms with E-state index in [4.69, 9.17) is 9.57 Å². The lowest BCUT2D eigenvalue weighted by atomic mass is 9.82. The van der Waals surface area contributed by atoms with Crippen molar-refractivity contribution < 1.29 is 38.3 Å². The molecule has 1 saturated carbocycles. The maximum absolute atomic E-state index is 12.6. The highest BCUT2D eigenvalue weighted by atomic mass is 32.2. The van der Waals surface area contributed by atoms with Crippen LogP contribution in [0.25, 0.3) is 0 Å². The third-order valence-electron chi connectivity index (χ3n) is 5.95. The summed E-state index contributed by atoms with van der Waals surface area (Å²) in [6, 6.07) is 0. The number of rotatable bonds is 11. The number of likely N-dealkylation sites (tertiary alicyclic amines) is 1. The highest BCUT2D eigenvalue weighted by Gasteiger charge is 2.41. The SMILES string of the molecule is O=CCOCCCSC1CC(=O)N(C[C@H]2CC[C@H](C(=O)ON3C(=O)CCC3=O)CC2)C1=O. The van der Waals surface area contributed by atoms with Gasteiger partial charge in [-0.3, -0.25) is 24.1 Å². The number of nitrogens with zero attached hydrogens (tertiary/aromatic N) is 2. The summed E-state index contributed by atoms with van der Waals surface area (Å²) in [5, 5.41) is 0.192. The molecule has 0 radical (unpaired) electrons. The predicted molar refractivity (Wildman–Crippen MR) is 112 cm³/mol. The lowest BCUT2D eigenvalue weighted by Crippen LogP contribution is -2.39. The van der Waals surface area contributed by atoms with E-state index in [2.05, 4.69) is 0 Å². The van der Waals surface area contributed by atoms with Gasteiger partial charge >= 0.3 is 5.97 Å². The molecule has 0 aromatic rings. The van der Waals surface area contributed by atoms with Gasteiger partial charge in [-0.15, -0.1) is 16.8 Å². The number of carbonyl (C=O) groups excluding carboxylic acids is 6. The van der Waals surface area contributed by atoms with E-state index in [1.54, 1.807) is 0 Å². The summed E-state index contributed by atoms with van der Waals surface area (Å²) in [5.41, 5.74) is 0. The Balaban J connectivity index is 1.38. The van der Waals surface area contributed by atoms with Crippen LogP contribution in [-0.2, 0) is 38.3 Å². The van der Waals surface area contributed by atoms with E-state index in [-0.39, 0.29) is 48.9 Å². The van der Waals surface area contributed by atoms with Crippen LogP contribution in [0.5, 0.6) is 0 Å². The van der Waals surface area contributed by atoms with Gasteiger partial charge in [-0.2, -0.15) is 0 Å². The normalized spacial score (nSPS) is 26.2. The standard InChI is InChI=1S/C21H28N2O8S/c24-8-10-30-9-1-11-32-16-12-19(27)22(20(16)28)13-14-2-4-15(5-3-14)21(29)31-23-17(25)6-7-18(23)26/h8,14-16H,1-7,9-13H2/t14-,15-,16?. The zero-order valence-electron chi connectivity index (χ0n) is 17.9. The van der Waals surface area contributed by atoms with E-state index < -0.39 is 23.7 Å². The third kappa shape index (κ3) is 6.16. The van der Waals surface area contributed by atoms with E-state index in [0.717, 1.165) is 0 Å². The number of aldehydes is 1. The van der Waals surface area contributed by atoms with Crippen molar-refractivity contribution in [2.75, 3.05) is 25.5 Å². The Morgan fingerprint density at radius 3 is 2.38 bits per heavy atom. The Morgan fingerprint density at radius 1 is 1.03 bits per heavy atom. The fourth-order valence-corrected chi connectivity index (χ4v) is 5.25. The first kappa shape index (κ1) is 24.4. The minimum atomic E-state index is -0.575. The van der Waals surface area contributed by atoms with E-state index in [0.29, 0.717) is 62.4 Å². The first-order chi connectivity index (χ1) is 15.4. The number of carbonyl (C=O) groups is 6. The number of imide groups is 2. The summed E-state index contributed by atoms with van der Waals surface area (Å²) in [6.45, 7) is 0.853. The number of hydrogen-bond acceptors (Lipinski definition) is 9. The molecule has 2 saturated heterocycles. The minimum absolute atomic E-state index is 0.0595. The number of hydrogen-bond donors (Lipinski definition) is 0. The van der Waals surface area contributed by atoms with Crippen molar-refractivity contribution >= 4 is 47.6 Å². The summed E-state index contributed by atoms with van der Waals surface area (Å²) in [5.74, 6) is -1.52. The van der Waals surface area contributed by atoms with E-state index in [9.17, 15) is 28.8 Å². The molecule has 2 aliphatic heterocycles. The zero-order valence-corrected chi connectivity index (χ0v) is 18.7. The summed E-state index contributed by atoms with van der Waals surface area (Å²) in [6.07, 6.45) is 4.06. The molecule has 0 spiro atoms. The molecule has 0 bridgehead atoms. The highest BCUT2D eigenvalue weighted by molar-refractivity contribution is 8.00. The summed E-state index contributed by atoms with van der Waals surface area (Å²) in [7, 11) is 0. The predicted octanol–water partition coefficient (Wildman–Crippen LogP) is 0.866. The largest absolute Gasteiger partial charge is 0.374 e. The van der Waals surface area contributed by atoms with Gasteiger partial charge in [0.15, 0.2) is 0 Å². The number of hydroxylamine groups is 2. The van der Waals surface area contributed by atoms with Gasteiger partial charge in [0, 0.05) is 32.4 Å². The molecule has 4 amide bonds.